The molecule has 0 bridgehead atoms. The third-order valence-electron chi connectivity index (χ3n) is 4.76. The van der Waals surface area contributed by atoms with Crippen molar-refractivity contribution < 1.29 is 23.2 Å². The molecule has 3 N–H and O–H groups in total. The highest BCUT2D eigenvalue weighted by Gasteiger charge is 2.20. The minimum Gasteiger partial charge on any atom is -0.354 e. The predicted octanol–water partition coefficient (Wildman–Crippen LogP) is 2.29. The summed E-state index contributed by atoms with van der Waals surface area (Å²) in [5, 5.41) is 8.05. The van der Waals surface area contributed by atoms with Gasteiger partial charge in [-0.05, 0) is 31.4 Å². The normalized spacial score (nSPS) is 14.4. The molecule has 28 heavy (non-hydrogen) atoms. The van der Waals surface area contributed by atoms with E-state index >= 15 is 0 Å². The Hall–Kier alpha value is -2.51. The van der Waals surface area contributed by atoms with Crippen molar-refractivity contribution in [3.05, 3.63) is 35.4 Å². The Morgan fingerprint density at radius 1 is 0.929 bits per heavy atom. The lowest BCUT2D eigenvalue weighted by Crippen LogP contribution is -2.38. The number of hydrogen-bond donors (Lipinski definition) is 3. The molecule has 0 aliphatic heterocycles. The van der Waals surface area contributed by atoms with Gasteiger partial charge in [-0.3, -0.25) is 14.4 Å². The molecule has 0 unspecified atom stereocenters. The van der Waals surface area contributed by atoms with E-state index in [2.05, 4.69) is 16.0 Å². The Morgan fingerprint density at radius 2 is 1.64 bits per heavy atom. The first-order chi connectivity index (χ1) is 13.5. The maximum atomic E-state index is 13.5. The van der Waals surface area contributed by atoms with Crippen LogP contribution in [-0.4, -0.2) is 37.4 Å². The summed E-state index contributed by atoms with van der Waals surface area (Å²) in [5.74, 6) is -2.35. The van der Waals surface area contributed by atoms with Gasteiger partial charge in [0.2, 0.25) is 11.8 Å². The van der Waals surface area contributed by atoms with Gasteiger partial charge in [0, 0.05) is 38.0 Å². The fraction of sp³-hybridized carbons (Fsp3) is 0.550. The van der Waals surface area contributed by atoms with Crippen molar-refractivity contribution in [2.75, 3.05) is 19.6 Å². The van der Waals surface area contributed by atoms with Gasteiger partial charge >= 0.3 is 0 Å². The first kappa shape index (κ1) is 21.8. The lowest BCUT2D eigenvalue weighted by molar-refractivity contribution is -0.126. The van der Waals surface area contributed by atoms with Crippen LogP contribution >= 0.6 is 0 Å². The van der Waals surface area contributed by atoms with E-state index in [9.17, 15) is 23.2 Å². The summed E-state index contributed by atoms with van der Waals surface area (Å²) in [4.78, 5) is 35.5. The molecular formula is C20H27F2N3O3. The molecule has 1 saturated carbocycles. The van der Waals surface area contributed by atoms with Crippen molar-refractivity contribution in [2.24, 2.45) is 5.92 Å². The molecule has 154 valence electrons. The Labute approximate surface area is 163 Å². The van der Waals surface area contributed by atoms with E-state index in [1.807, 2.05) is 0 Å². The van der Waals surface area contributed by atoms with E-state index in [1.54, 1.807) is 0 Å². The maximum absolute atomic E-state index is 13.5. The van der Waals surface area contributed by atoms with Crippen molar-refractivity contribution in [3.63, 3.8) is 0 Å². The smallest absolute Gasteiger partial charge is 0.254 e. The first-order valence-corrected chi connectivity index (χ1v) is 9.75. The molecule has 1 aromatic carbocycles. The van der Waals surface area contributed by atoms with Gasteiger partial charge in [0.15, 0.2) is 0 Å². The van der Waals surface area contributed by atoms with Crippen LogP contribution in [0.5, 0.6) is 0 Å². The highest BCUT2D eigenvalue weighted by atomic mass is 19.1. The van der Waals surface area contributed by atoms with E-state index in [0.29, 0.717) is 25.6 Å². The Bertz CT molecular complexity index is 691. The molecule has 0 heterocycles. The minimum absolute atomic E-state index is 0.0599. The van der Waals surface area contributed by atoms with Crippen LogP contribution in [0.3, 0.4) is 0 Å². The highest BCUT2D eigenvalue weighted by Crippen LogP contribution is 2.23. The quantitative estimate of drug-likeness (QED) is 0.561. The van der Waals surface area contributed by atoms with Crippen LogP contribution in [0.15, 0.2) is 18.2 Å². The van der Waals surface area contributed by atoms with Gasteiger partial charge in [-0.25, -0.2) is 8.78 Å². The fourth-order valence-electron chi connectivity index (χ4n) is 3.20. The molecule has 3 amide bonds. The zero-order valence-electron chi connectivity index (χ0n) is 15.9. The van der Waals surface area contributed by atoms with E-state index in [4.69, 9.17) is 0 Å². The summed E-state index contributed by atoms with van der Waals surface area (Å²) < 4.78 is 26.3. The number of rotatable bonds is 9. The molecule has 2 rings (SSSR count). The number of nitrogens with one attached hydrogen (secondary N) is 3. The largest absolute Gasteiger partial charge is 0.354 e. The topological polar surface area (TPSA) is 87.3 Å². The zero-order chi connectivity index (χ0) is 20.4. The molecule has 8 heteroatoms. The van der Waals surface area contributed by atoms with Crippen LogP contribution in [0.2, 0.25) is 0 Å². The molecule has 1 aliphatic carbocycles. The van der Waals surface area contributed by atoms with Crippen LogP contribution < -0.4 is 16.0 Å². The lowest BCUT2D eigenvalue weighted by Gasteiger charge is -2.20. The van der Waals surface area contributed by atoms with Gasteiger partial charge in [0.25, 0.3) is 5.91 Å². The Kier molecular flexibility index (Phi) is 8.84. The molecule has 0 radical (unpaired) electrons. The molecule has 1 fully saturated rings. The molecular weight excluding hydrogens is 368 g/mol. The van der Waals surface area contributed by atoms with Crippen molar-refractivity contribution in [2.45, 2.75) is 44.9 Å². The van der Waals surface area contributed by atoms with Crippen molar-refractivity contribution in [3.8, 4) is 0 Å². The van der Waals surface area contributed by atoms with Gasteiger partial charge < -0.3 is 16.0 Å². The molecule has 0 atom stereocenters. The van der Waals surface area contributed by atoms with Gasteiger partial charge in [-0.1, -0.05) is 19.3 Å². The van der Waals surface area contributed by atoms with Gasteiger partial charge in [0.05, 0.1) is 5.56 Å². The fourth-order valence-corrected chi connectivity index (χ4v) is 3.20. The Balaban J connectivity index is 1.53. The van der Waals surface area contributed by atoms with Crippen LogP contribution in [0, 0.1) is 17.6 Å². The average molecular weight is 395 g/mol. The summed E-state index contributed by atoms with van der Waals surface area (Å²) in [5.41, 5.74) is -0.237. The van der Waals surface area contributed by atoms with Gasteiger partial charge in [-0.2, -0.15) is 0 Å². The number of carbonyl (C=O) groups is 3. The number of halogens is 2. The van der Waals surface area contributed by atoms with Crippen LogP contribution in [0.1, 0.15) is 55.3 Å². The van der Waals surface area contributed by atoms with Crippen molar-refractivity contribution in [1.82, 2.24) is 16.0 Å². The third-order valence-corrected chi connectivity index (χ3v) is 4.76. The number of carbonyl (C=O) groups excluding carboxylic acids is 3. The first-order valence-electron chi connectivity index (χ1n) is 9.75. The van der Waals surface area contributed by atoms with Gasteiger partial charge in [0.1, 0.15) is 11.6 Å². The van der Waals surface area contributed by atoms with E-state index < -0.39 is 17.5 Å². The summed E-state index contributed by atoms with van der Waals surface area (Å²) in [6.45, 7) is 0.938. The van der Waals surface area contributed by atoms with Crippen molar-refractivity contribution in [1.29, 1.82) is 0 Å². The summed E-state index contributed by atoms with van der Waals surface area (Å²) in [7, 11) is 0. The molecule has 0 aromatic heterocycles. The SMILES string of the molecule is O=C(CCCNC(=O)c1ccc(F)cc1F)NCCNC(=O)C1CCCCC1. The second-order valence-corrected chi connectivity index (χ2v) is 6.96. The van der Waals surface area contributed by atoms with Crippen molar-refractivity contribution >= 4 is 17.7 Å². The highest BCUT2D eigenvalue weighted by molar-refractivity contribution is 5.94. The van der Waals surface area contributed by atoms with Crippen LogP contribution in [-0.2, 0) is 9.59 Å². The minimum atomic E-state index is -0.925. The average Bonchev–Trinajstić information content (AvgIpc) is 2.69. The second-order valence-electron chi connectivity index (χ2n) is 6.96. The molecule has 1 aliphatic rings. The molecule has 1 aromatic rings. The zero-order valence-corrected chi connectivity index (χ0v) is 15.9. The van der Waals surface area contributed by atoms with E-state index in [-0.39, 0.29) is 36.3 Å². The van der Waals surface area contributed by atoms with Crippen LogP contribution in [0.25, 0.3) is 0 Å². The number of hydrogen-bond acceptors (Lipinski definition) is 3. The van der Waals surface area contributed by atoms with E-state index in [0.717, 1.165) is 37.8 Å². The van der Waals surface area contributed by atoms with E-state index in [1.165, 1.54) is 6.42 Å². The molecule has 0 spiro atoms. The Morgan fingerprint density at radius 3 is 2.36 bits per heavy atom. The summed E-state index contributed by atoms with van der Waals surface area (Å²) >= 11 is 0. The van der Waals surface area contributed by atoms with Gasteiger partial charge in [-0.15, -0.1) is 0 Å². The lowest BCUT2D eigenvalue weighted by atomic mass is 9.89. The molecule has 0 saturated heterocycles. The second kappa shape index (κ2) is 11.4. The summed E-state index contributed by atoms with van der Waals surface area (Å²) in [6, 6.07) is 2.74. The summed E-state index contributed by atoms with van der Waals surface area (Å²) in [6.07, 6.45) is 5.84. The maximum Gasteiger partial charge on any atom is 0.254 e. The molecule has 6 nitrogen and oxygen atoms in total. The van der Waals surface area contributed by atoms with Crippen LogP contribution in [0.4, 0.5) is 8.78 Å². The standard InChI is InChI=1S/C20H27F2N3O3/c21-15-8-9-16(17(22)13-15)20(28)24-10-4-7-18(26)23-11-12-25-19(27)14-5-2-1-3-6-14/h8-9,13-14H,1-7,10-12H2,(H,23,26)(H,24,28)(H,25,27). The number of benzene rings is 1. The monoisotopic (exact) mass is 395 g/mol. The number of amides is 3. The third kappa shape index (κ3) is 7.25. The predicted molar refractivity (Wildman–Crippen MR) is 101 cm³/mol.